The second-order valence-electron chi connectivity index (χ2n) is 3.66. The number of benzene rings is 2. The lowest BCUT2D eigenvalue weighted by Gasteiger charge is -2.03. The van der Waals surface area contributed by atoms with E-state index >= 15 is 0 Å². The van der Waals surface area contributed by atoms with Crippen LogP contribution in [-0.4, -0.2) is 11.2 Å². The van der Waals surface area contributed by atoms with Gasteiger partial charge < -0.3 is 0 Å². The smallest absolute Gasteiger partial charge is 0.270 e. The fourth-order valence-electron chi connectivity index (χ4n) is 1.61. The number of hydrogen-bond donors (Lipinski definition) is 0. The largest absolute Gasteiger partial charge is 0.298 e. The van der Waals surface area contributed by atoms with E-state index in [2.05, 4.69) is 0 Å². The summed E-state index contributed by atoms with van der Waals surface area (Å²) in [5.74, 6) is -0.612. The van der Waals surface area contributed by atoms with Crippen LogP contribution in [0.1, 0.15) is 10.4 Å². The van der Waals surface area contributed by atoms with Crippen molar-refractivity contribution in [2.75, 3.05) is 0 Å². The maximum atomic E-state index is 13.2. The molecule has 0 aliphatic heterocycles. The molecule has 0 saturated heterocycles. The summed E-state index contributed by atoms with van der Waals surface area (Å²) in [6.45, 7) is 0. The Morgan fingerprint density at radius 3 is 2.50 bits per heavy atom. The number of non-ortho nitro benzene ring substituents is 1. The topological polar surface area (TPSA) is 60.2 Å². The molecule has 0 aliphatic carbocycles. The molecule has 0 N–H and O–H groups in total. The van der Waals surface area contributed by atoms with Crippen molar-refractivity contribution in [1.82, 2.24) is 0 Å². The van der Waals surface area contributed by atoms with Gasteiger partial charge in [-0.05, 0) is 23.3 Å². The Balaban J connectivity index is 2.51. The summed E-state index contributed by atoms with van der Waals surface area (Å²) in [5, 5.41) is 10.7. The number of rotatable bonds is 3. The Morgan fingerprint density at radius 1 is 1.11 bits per heavy atom. The van der Waals surface area contributed by atoms with Gasteiger partial charge in [-0.25, -0.2) is 4.39 Å². The number of hydrogen-bond acceptors (Lipinski definition) is 3. The molecule has 2 aromatic rings. The molecule has 18 heavy (non-hydrogen) atoms. The Morgan fingerprint density at radius 2 is 1.83 bits per heavy atom. The SMILES string of the molecule is O=Cc1cc(-c2cccc([N+](=O)[O-])c2)ccc1F. The number of carbonyl (C=O) groups is 1. The minimum absolute atomic E-state index is 0.0514. The summed E-state index contributed by atoms with van der Waals surface area (Å²) >= 11 is 0. The van der Waals surface area contributed by atoms with Crippen molar-refractivity contribution in [3.63, 3.8) is 0 Å². The number of aldehydes is 1. The highest BCUT2D eigenvalue weighted by Gasteiger charge is 2.09. The first-order chi connectivity index (χ1) is 8.61. The van der Waals surface area contributed by atoms with Gasteiger partial charge >= 0.3 is 0 Å². The Hall–Kier alpha value is -2.56. The first kappa shape index (κ1) is 11.9. The van der Waals surface area contributed by atoms with E-state index in [9.17, 15) is 19.3 Å². The summed E-state index contributed by atoms with van der Waals surface area (Å²) < 4.78 is 13.2. The fraction of sp³-hybridized carbons (Fsp3) is 0. The van der Waals surface area contributed by atoms with E-state index in [-0.39, 0.29) is 11.3 Å². The van der Waals surface area contributed by atoms with E-state index < -0.39 is 10.7 Å². The minimum Gasteiger partial charge on any atom is -0.298 e. The zero-order chi connectivity index (χ0) is 13.1. The molecule has 4 nitrogen and oxygen atoms in total. The molecule has 2 aromatic carbocycles. The summed E-state index contributed by atoms with van der Waals surface area (Å²) in [7, 11) is 0. The standard InChI is InChI=1S/C13H8FNO3/c14-13-5-4-10(6-11(13)8-16)9-2-1-3-12(7-9)15(17)18/h1-8H. The normalized spacial score (nSPS) is 10.1. The molecule has 5 heteroatoms. The second-order valence-corrected chi connectivity index (χ2v) is 3.66. The predicted octanol–water partition coefficient (Wildman–Crippen LogP) is 3.21. The summed E-state index contributed by atoms with van der Waals surface area (Å²) in [6, 6.07) is 9.95. The first-order valence-corrected chi connectivity index (χ1v) is 5.11. The average molecular weight is 245 g/mol. The van der Waals surface area contributed by atoms with E-state index in [4.69, 9.17) is 0 Å². The van der Waals surface area contributed by atoms with Gasteiger partial charge in [0.2, 0.25) is 0 Å². The van der Waals surface area contributed by atoms with Gasteiger partial charge in [-0.3, -0.25) is 14.9 Å². The molecule has 0 radical (unpaired) electrons. The number of halogens is 1. The van der Waals surface area contributed by atoms with E-state index in [1.54, 1.807) is 6.07 Å². The van der Waals surface area contributed by atoms with E-state index in [0.29, 0.717) is 17.4 Å². The van der Waals surface area contributed by atoms with Crippen molar-refractivity contribution in [3.8, 4) is 11.1 Å². The number of nitrogens with zero attached hydrogens (tertiary/aromatic N) is 1. The molecule has 0 saturated carbocycles. The van der Waals surface area contributed by atoms with Crippen LogP contribution in [0, 0.1) is 15.9 Å². The Bertz CT molecular complexity index is 625. The van der Waals surface area contributed by atoms with Gasteiger partial charge in [-0.15, -0.1) is 0 Å². The third-order valence-corrected chi connectivity index (χ3v) is 2.51. The lowest BCUT2D eigenvalue weighted by Crippen LogP contribution is -1.90. The van der Waals surface area contributed by atoms with Crippen molar-refractivity contribution in [1.29, 1.82) is 0 Å². The highest BCUT2D eigenvalue weighted by Crippen LogP contribution is 2.25. The lowest BCUT2D eigenvalue weighted by molar-refractivity contribution is -0.384. The lowest BCUT2D eigenvalue weighted by atomic mass is 10.0. The van der Waals surface area contributed by atoms with Crippen molar-refractivity contribution in [2.45, 2.75) is 0 Å². The van der Waals surface area contributed by atoms with Crippen molar-refractivity contribution in [3.05, 3.63) is 64.0 Å². The second kappa shape index (κ2) is 4.75. The molecule has 90 valence electrons. The van der Waals surface area contributed by atoms with Crippen LogP contribution < -0.4 is 0 Å². The number of carbonyl (C=O) groups excluding carboxylic acids is 1. The molecule has 0 atom stereocenters. The molecular formula is C13H8FNO3. The van der Waals surface area contributed by atoms with E-state index in [1.165, 1.54) is 30.3 Å². The van der Waals surface area contributed by atoms with Gasteiger partial charge in [0.1, 0.15) is 5.82 Å². The number of nitro benzene ring substituents is 1. The van der Waals surface area contributed by atoms with Crippen LogP contribution in [0.5, 0.6) is 0 Å². The van der Waals surface area contributed by atoms with Gasteiger partial charge in [0.15, 0.2) is 6.29 Å². The van der Waals surface area contributed by atoms with E-state index in [0.717, 1.165) is 6.07 Å². The quantitative estimate of drug-likeness (QED) is 0.474. The molecule has 0 spiro atoms. The highest BCUT2D eigenvalue weighted by atomic mass is 19.1. The minimum atomic E-state index is -0.612. The summed E-state index contributed by atoms with van der Waals surface area (Å²) in [5.41, 5.74) is 0.998. The molecule has 0 bridgehead atoms. The van der Waals surface area contributed by atoms with E-state index in [1.807, 2.05) is 0 Å². The maximum absolute atomic E-state index is 13.2. The zero-order valence-corrected chi connectivity index (χ0v) is 9.17. The van der Waals surface area contributed by atoms with Crippen molar-refractivity contribution in [2.24, 2.45) is 0 Å². The van der Waals surface area contributed by atoms with Crippen LogP contribution in [-0.2, 0) is 0 Å². The molecule has 0 amide bonds. The number of nitro groups is 1. The fourth-order valence-corrected chi connectivity index (χ4v) is 1.61. The van der Waals surface area contributed by atoms with Crippen LogP contribution in [0.25, 0.3) is 11.1 Å². The van der Waals surface area contributed by atoms with Crippen LogP contribution in [0.3, 0.4) is 0 Å². The van der Waals surface area contributed by atoms with Crippen molar-refractivity contribution >= 4 is 12.0 Å². The monoisotopic (exact) mass is 245 g/mol. The maximum Gasteiger partial charge on any atom is 0.270 e. The van der Waals surface area contributed by atoms with Gasteiger partial charge in [-0.1, -0.05) is 18.2 Å². The molecule has 0 unspecified atom stereocenters. The molecule has 0 aromatic heterocycles. The average Bonchev–Trinajstić information content (AvgIpc) is 2.39. The van der Waals surface area contributed by atoms with Crippen LogP contribution >= 0.6 is 0 Å². The highest BCUT2D eigenvalue weighted by molar-refractivity contribution is 5.79. The van der Waals surface area contributed by atoms with Crippen LogP contribution in [0.15, 0.2) is 42.5 Å². The molecule has 0 heterocycles. The zero-order valence-electron chi connectivity index (χ0n) is 9.17. The predicted molar refractivity (Wildman–Crippen MR) is 63.9 cm³/mol. The van der Waals surface area contributed by atoms with Crippen LogP contribution in [0.2, 0.25) is 0 Å². The van der Waals surface area contributed by atoms with Gasteiger partial charge in [0, 0.05) is 12.1 Å². The molecule has 2 rings (SSSR count). The van der Waals surface area contributed by atoms with Gasteiger partial charge in [0.05, 0.1) is 10.5 Å². The molecule has 0 aliphatic rings. The first-order valence-electron chi connectivity index (χ1n) is 5.11. The van der Waals surface area contributed by atoms with Gasteiger partial charge in [0.25, 0.3) is 5.69 Å². The molecular weight excluding hydrogens is 237 g/mol. The van der Waals surface area contributed by atoms with Gasteiger partial charge in [-0.2, -0.15) is 0 Å². The Labute approximate surface area is 102 Å². The third-order valence-electron chi connectivity index (χ3n) is 2.51. The summed E-state index contributed by atoms with van der Waals surface area (Å²) in [4.78, 5) is 20.8. The van der Waals surface area contributed by atoms with Crippen molar-refractivity contribution < 1.29 is 14.1 Å². The van der Waals surface area contributed by atoms with Crippen LogP contribution in [0.4, 0.5) is 10.1 Å². The Kier molecular flexibility index (Phi) is 3.14. The third kappa shape index (κ3) is 2.24. The summed E-state index contributed by atoms with van der Waals surface area (Å²) in [6.07, 6.45) is 0.413. The molecule has 0 fully saturated rings.